The fourth-order valence-corrected chi connectivity index (χ4v) is 4.29. The van der Waals surface area contributed by atoms with Gasteiger partial charge in [-0.15, -0.1) is 12.3 Å². The lowest BCUT2D eigenvalue weighted by atomic mass is 9.98. The van der Waals surface area contributed by atoms with Gasteiger partial charge in [0.2, 0.25) is 5.91 Å². The first-order valence-corrected chi connectivity index (χ1v) is 11.1. The summed E-state index contributed by atoms with van der Waals surface area (Å²) in [5.41, 5.74) is 4.38. The Morgan fingerprint density at radius 2 is 1.61 bits per heavy atom. The summed E-state index contributed by atoms with van der Waals surface area (Å²) in [6.45, 7) is 0.101. The van der Waals surface area contributed by atoms with E-state index in [9.17, 15) is 19.5 Å². The third kappa shape index (κ3) is 5.17. The minimum Gasteiger partial charge on any atom is -0.480 e. The summed E-state index contributed by atoms with van der Waals surface area (Å²) in [7, 11) is 0. The highest BCUT2D eigenvalue weighted by Gasteiger charge is 2.33. The van der Waals surface area contributed by atoms with Gasteiger partial charge in [0.15, 0.2) is 0 Å². The molecule has 1 fully saturated rings. The maximum atomic E-state index is 12.6. The molecule has 7 nitrogen and oxygen atoms in total. The number of carboxylic acids is 1. The quantitative estimate of drug-likeness (QED) is 0.513. The first-order chi connectivity index (χ1) is 16.0. The monoisotopic (exact) mass is 446 g/mol. The largest absolute Gasteiger partial charge is 0.480 e. The molecule has 170 valence electrons. The highest BCUT2D eigenvalue weighted by Crippen LogP contribution is 2.44. The average Bonchev–Trinajstić information content (AvgIpc) is 3.57. The summed E-state index contributed by atoms with van der Waals surface area (Å²) in [6.07, 6.45) is 6.81. The number of carbonyl (C=O) groups is 3. The smallest absolute Gasteiger partial charge is 0.407 e. The van der Waals surface area contributed by atoms with Crippen LogP contribution in [0.15, 0.2) is 48.5 Å². The number of aliphatic carboxylic acids is 1. The van der Waals surface area contributed by atoms with Crippen LogP contribution in [0.2, 0.25) is 0 Å². The number of hydrogen-bond donors (Lipinski definition) is 3. The van der Waals surface area contributed by atoms with Crippen LogP contribution in [0.3, 0.4) is 0 Å². The van der Waals surface area contributed by atoms with Crippen molar-refractivity contribution in [2.24, 2.45) is 5.92 Å². The minimum absolute atomic E-state index is 0.0776. The van der Waals surface area contributed by atoms with Crippen molar-refractivity contribution in [3.05, 3.63) is 59.7 Å². The van der Waals surface area contributed by atoms with E-state index in [1.807, 2.05) is 48.5 Å². The zero-order valence-corrected chi connectivity index (χ0v) is 18.1. The standard InChI is InChI=1S/C26H26N2O5/c1-2-7-22(24(29)27-23(25(30)31)14-16-12-13-16)28-26(32)33-15-21-19-10-5-3-8-17(19)18-9-4-6-11-20(18)21/h1,3-6,8-11,16,21-23H,7,12-15H2,(H,27,29)(H,28,32)(H,30,31). The van der Waals surface area contributed by atoms with Crippen LogP contribution in [0.1, 0.15) is 42.7 Å². The lowest BCUT2D eigenvalue weighted by Gasteiger charge is -2.21. The van der Waals surface area contributed by atoms with Gasteiger partial charge in [-0.25, -0.2) is 9.59 Å². The van der Waals surface area contributed by atoms with Gasteiger partial charge in [0.1, 0.15) is 18.7 Å². The van der Waals surface area contributed by atoms with Gasteiger partial charge in [-0.2, -0.15) is 0 Å². The van der Waals surface area contributed by atoms with Gasteiger partial charge in [0.25, 0.3) is 0 Å². The Bertz CT molecular complexity index is 1060. The Labute approximate surface area is 192 Å². The van der Waals surface area contributed by atoms with E-state index in [1.54, 1.807) is 0 Å². The predicted octanol–water partition coefficient (Wildman–Crippen LogP) is 3.29. The summed E-state index contributed by atoms with van der Waals surface area (Å²) in [6, 6.07) is 13.9. The highest BCUT2D eigenvalue weighted by molar-refractivity contribution is 5.89. The van der Waals surface area contributed by atoms with Crippen LogP contribution in [-0.2, 0) is 14.3 Å². The Balaban J connectivity index is 1.38. The highest BCUT2D eigenvalue weighted by atomic mass is 16.5. The molecule has 0 radical (unpaired) electrons. The molecule has 0 saturated heterocycles. The second kappa shape index (κ2) is 9.78. The van der Waals surface area contributed by atoms with Crippen LogP contribution in [0.5, 0.6) is 0 Å². The number of hydrogen-bond acceptors (Lipinski definition) is 4. The molecule has 2 amide bonds. The molecule has 0 aromatic heterocycles. The molecule has 2 aliphatic carbocycles. The third-order valence-corrected chi connectivity index (χ3v) is 6.15. The molecule has 0 bridgehead atoms. The Morgan fingerprint density at radius 1 is 1.00 bits per heavy atom. The minimum atomic E-state index is -1.10. The van der Waals surface area contributed by atoms with E-state index in [-0.39, 0.29) is 18.9 Å². The Hall–Kier alpha value is -3.79. The second-order valence-electron chi connectivity index (χ2n) is 8.51. The topological polar surface area (TPSA) is 105 Å². The third-order valence-electron chi connectivity index (χ3n) is 6.15. The maximum absolute atomic E-state index is 12.6. The predicted molar refractivity (Wildman–Crippen MR) is 122 cm³/mol. The summed E-state index contributed by atoms with van der Waals surface area (Å²) in [5, 5.41) is 14.4. The molecule has 2 atom stereocenters. The van der Waals surface area contributed by atoms with Crippen molar-refractivity contribution in [3.63, 3.8) is 0 Å². The normalized spacial score (nSPS) is 16.0. The summed E-state index contributed by atoms with van der Waals surface area (Å²) in [4.78, 5) is 36.6. The summed E-state index contributed by atoms with van der Waals surface area (Å²) < 4.78 is 5.48. The Kier molecular flexibility index (Phi) is 6.64. The first kappa shape index (κ1) is 22.4. The fourth-order valence-electron chi connectivity index (χ4n) is 4.29. The maximum Gasteiger partial charge on any atom is 0.407 e. The number of amides is 2. The number of terminal acetylenes is 1. The number of fused-ring (bicyclic) bond motifs is 3. The molecule has 33 heavy (non-hydrogen) atoms. The molecular formula is C26H26N2O5. The van der Waals surface area contributed by atoms with E-state index in [4.69, 9.17) is 11.2 Å². The van der Waals surface area contributed by atoms with E-state index >= 15 is 0 Å². The fraction of sp³-hybridized carbons (Fsp3) is 0.346. The molecule has 7 heteroatoms. The molecular weight excluding hydrogens is 420 g/mol. The van der Waals surface area contributed by atoms with E-state index in [0.717, 1.165) is 35.1 Å². The van der Waals surface area contributed by atoms with Gasteiger partial charge in [-0.1, -0.05) is 61.4 Å². The van der Waals surface area contributed by atoms with Crippen LogP contribution >= 0.6 is 0 Å². The number of carboxylic acid groups (broad SMARTS) is 1. The molecule has 3 N–H and O–H groups in total. The van der Waals surface area contributed by atoms with Crippen LogP contribution < -0.4 is 10.6 Å². The zero-order valence-electron chi connectivity index (χ0n) is 18.1. The molecule has 4 rings (SSSR count). The number of rotatable bonds is 9. The van der Waals surface area contributed by atoms with Crippen molar-refractivity contribution >= 4 is 18.0 Å². The van der Waals surface area contributed by atoms with E-state index < -0.39 is 30.1 Å². The van der Waals surface area contributed by atoms with Crippen LogP contribution in [0, 0.1) is 18.3 Å². The molecule has 0 spiro atoms. The number of carbonyl (C=O) groups excluding carboxylic acids is 2. The SMILES string of the molecule is C#CCC(NC(=O)OCC1c2ccccc2-c2ccccc21)C(=O)NC(CC1CC1)C(=O)O. The second-order valence-corrected chi connectivity index (χ2v) is 8.51. The van der Waals surface area contributed by atoms with E-state index in [1.165, 1.54) is 0 Å². The van der Waals surface area contributed by atoms with E-state index in [0.29, 0.717) is 12.3 Å². The first-order valence-electron chi connectivity index (χ1n) is 11.1. The Morgan fingerprint density at radius 3 is 2.15 bits per heavy atom. The molecule has 0 aliphatic heterocycles. The van der Waals surface area contributed by atoms with Gasteiger partial charge in [-0.05, 0) is 34.6 Å². The van der Waals surface area contributed by atoms with Gasteiger partial charge >= 0.3 is 12.1 Å². The zero-order chi connectivity index (χ0) is 23.4. The number of nitrogens with one attached hydrogen (secondary N) is 2. The van der Waals surface area contributed by atoms with Gasteiger partial charge in [-0.3, -0.25) is 4.79 Å². The lowest BCUT2D eigenvalue weighted by molar-refractivity contribution is -0.142. The lowest BCUT2D eigenvalue weighted by Crippen LogP contribution is -2.51. The van der Waals surface area contributed by atoms with Gasteiger partial charge < -0.3 is 20.5 Å². The van der Waals surface area contributed by atoms with Crippen molar-refractivity contribution in [1.29, 1.82) is 0 Å². The molecule has 2 aliphatic rings. The van der Waals surface area contributed by atoms with Crippen molar-refractivity contribution in [3.8, 4) is 23.5 Å². The summed E-state index contributed by atoms with van der Waals surface area (Å²) >= 11 is 0. The number of ether oxygens (including phenoxy) is 1. The van der Waals surface area contributed by atoms with Crippen LogP contribution in [0.4, 0.5) is 4.79 Å². The summed E-state index contributed by atoms with van der Waals surface area (Å²) in [5.74, 6) is 0.823. The van der Waals surface area contributed by atoms with Crippen molar-refractivity contribution in [1.82, 2.24) is 10.6 Å². The van der Waals surface area contributed by atoms with Crippen molar-refractivity contribution in [2.75, 3.05) is 6.61 Å². The molecule has 2 aromatic carbocycles. The van der Waals surface area contributed by atoms with E-state index in [2.05, 4.69) is 16.6 Å². The van der Waals surface area contributed by atoms with Crippen LogP contribution in [0.25, 0.3) is 11.1 Å². The number of alkyl carbamates (subject to hydrolysis) is 1. The van der Waals surface area contributed by atoms with Crippen LogP contribution in [-0.4, -0.2) is 41.8 Å². The molecule has 2 unspecified atom stereocenters. The van der Waals surface area contributed by atoms with Crippen molar-refractivity contribution < 1.29 is 24.2 Å². The molecule has 2 aromatic rings. The van der Waals surface area contributed by atoms with Gasteiger partial charge in [0.05, 0.1) is 0 Å². The van der Waals surface area contributed by atoms with Crippen molar-refractivity contribution in [2.45, 2.75) is 43.7 Å². The number of benzene rings is 2. The van der Waals surface area contributed by atoms with Gasteiger partial charge in [0, 0.05) is 12.3 Å². The average molecular weight is 447 g/mol. The molecule has 1 saturated carbocycles. The molecule has 0 heterocycles.